The Kier molecular flexibility index (Phi) is 13.2. The van der Waals surface area contributed by atoms with Gasteiger partial charge in [0, 0.05) is 48.5 Å². The van der Waals surface area contributed by atoms with Crippen LogP contribution in [0.25, 0.3) is 22.5 Å². The number of anilines is 1. The van der Waals surface area contributed by atoms with Crippen molar-refractivity contribution in [2.45, 2.75) is 112 Å². The number of aliphatic hydroxyl groups excluding tert-OH is 1. The normalized spacial score (nSPS) is 14.2. The molecule has 0 aliphatic carbocycles. The van der Waals surface area contributed by atoms with Crippen LogP contribution in [0, 0.1) is 11.3 Å². The fourth-order valence-corrected chi connectivity index (χ4v) is 6.28. The Labute approximate surface area is 297 Å². The molecule has 1 aliphatic rings. The highest BCUT2D eigenvalue weighted by Crippen LogP contribution is 2.42. The second-order valence-electron chi connectivity index (χ2n) is 14.9. The maximum absolute atomic E-state index is 13.9. The first-order chi connectivity index (χ1) is 23.6. The smallest absolute Gasteiger partial charge is 0.227 e. The number of imidazole rings is 1. The van der Waals surface area contributed by atoms with Crippen LogP contribution in [0.15, 0.2) is 54.9 Å². The highest BCUT2D eigenvalue weighted by atomic mass is 16.5. The van der Waals surface area contributed by atoms with Crippen molar-refractivity contribution in [3.8, 4) is 22.5 Å². The van der Waals surface area contributed by atoms with E-state index >= 15 is 0 Å². The number of fused-ring (bicyclic) bond motifs is 5. The first-order valence-corrected chi connectivity index (χ1v) is 17.9. The first kappa shape index (κ1) is 38.9. The molecule has 2 N–H and O–H groups in total. The number of aromatic nitrogens is 2. The van der Waals surface area contributed by atoms with Gasteiger partial charge in [-0.1, -0.05) is 77.1 Å². The SMILES string of the molecule is CCC(C)OCC(O)n1cnc2c1-c1ccccc1CN(C(=O)CCC(=O)NCCC(C)(C)OCCC(C)(C)C(=O)C(C)C)c1ccccc1-2. The number of amides is 2. The standard InChI is InChI=1S/C40H56N4O6/c1-9-28(4)49-25-35(47)44-26-42-36-31-16-12-13-17-32(31)43(24-29-14-10-11-15-30(29)37(36)44)34(46)19-18-33(45)41-22-20-40(7,8)50-23-21-39(5,6)38(48)27(2)3/h10-17,26-28,35,47H,9,18-25H2,1-8H3,(H,41,45). The molecule has 1 aliphatic heterocycles. The van der Waals surface area contributed by atoms with E-state index in [9.17, 15) is 19.5 Å². The summed E-state index contributed by atoms with van der Waals surface area (Å²) in [6.45, 7) is 17.0. The molecule has 0 spiro atoms. The molecule has 10 nitrogen and oxygen atoms in total. The molecule has 272 valence electrons. The number of hydrogen-bond acceptors (Lipinski definition) is 7. The quantitative estimate of drug-likeness (QED) is 0.155. The number of rotatable bonds is 17. The summed E-state index contributed by atoms with van der Waals surface area (Å²) in [6.07, 6.45) is 2.85. The molecule has 2 heterocycles. The van der Waals surface area contributed by atoms with Crippen molar-refractivity contribution < 1.29 is 29.0 Å². The van der Waals surface area contributed by atoms with Gasteiger partial charge >= 0.3 is 0 Å². The molecule has 0 radical (unpaired) electrons. The number of ketones is 1. The molecule has 0 fully saturated rings. The topological polar surface area (TPSA) is 123 Å². The molecule has 1 aromatic heterocycles. The zero-order valence-corrected chi connectivity index (χ0v) is 31.1. The summed E-state index contributed by atoms with van der Waals surface area (Å²) in [5, 5.41) is 14.1. The van der Waals surface area contributed by atoms with E-state index in [4.69, 9.17) is 14.5 Å². The van der Waals surface area contributed by atoms with Crippen LogP contribution in [0.3, 0.4) is 0 Å². The van der Waals surface area contributed by atoms with E-state index in [1.165, 1.54) is 0 Å². The predicted molar refractivity (Wildman–Crippen MR) is 196 cm³/mol. The van der Waals surface area contributed by atoms with Gasteiger partial charge in [0.2, 0.25) is 11.8 Å². The fraction of sp³-hybridized carbons (Fsp3) is 0.550. The number of ether oxygens (including phenoxy) is 2. The zero-order chi connectivity index (χ0) is 36.6. The van der Waals surface area contributed by atoms with Crippen LogP contribution in [-0.2, 0) is 30.4 Å². The molecule has 4 rings (SSSR count). The van der Waals surface area contributed by atoms with Gasteiger partial charge < -0.3 is 29.4 Å². The van der Waals surface area contributed by atoms with Gasteiger partial charge in [0.25, 0.3) is 0 Å². The maximum Gasteiger partial charge on any atom is 0.227 e. The number of nitrogens with one attached hydrogen (secondary N) is 1. The molecule has 2 atom stereocenters. The van der Waals surface area contributed by atoms with Crippen LogP contribution in [0.4, 0.5) is 5.69 Å². The Morgan fingerprint density at radius 3 is 2.34 bits per heavy atom. The molecular weight excluding hydrogens is 632 g/mol. The van der Waals surface area contributed by atoms with Crippen LogP contribution in [0.5, 0.6) is 0 Å². The molecule has 0 bridgehead atoms. The van der Waals surface area contributed by atoms with Crippen LogP contribution >= 0.6 is 0 Å². The Morgan fingerprint density at radius 2 is 1.64 bits per heavy atom. The van der Waals surface area contributed by atoms with Gasteiger partial charge in [0.05, 0.1) is 48.3 Å². The lowest BCUT2D eigenvalue weighted by Gasteiger charge is -2.30. The van der Waals surface area contributed by atoms with Crippen molar-refractivity contribution >= 4 is 23.3 Å². The summed E-state index contributed by atoms with van der Waals surface area (Å²) in [4.78, 5) is 45.8. The third kappa shape index (κ3) is 9.68. The summed E-state index contributed by atoms with van der Waals surface area (Å²) in [6, 6.07) is 15.5. The van der Waals surface area contributed by atoms with E-state index < -0.39 is 17.2 Å². The number of nitrogens with zero attached hydrogens (tertiary/aromatic N) is 3. The fourth-order valence-electron chi connectivity index (χ4n) is 6.28. The van der Waals surface area contributed by atoms with Crippen LogP contribution < -0.4 is 10.2 Å². The van der Waals surface area contributed by atoms with E-state index in [2.05, 4.69) is 5.32 Å². The number of para-hydroxylation sites is 1. The van der Waals surface area contributed by atoms with Crippen molar-refractivity contribution in [2.24, 2.45) is 11.3 Å². The van der Waals surface area contributed by atoms with Gasteiger partial charge in [-0.3, -0.25) is 14.4 Å². The Morgan fingerprint density at radius 1 is 0.960 bits per heavy atom. The average Bonchev–Trinajstić information content (AvgIpc) is 3.51. The van der Waals surface area contributed by atoms with Gasteiger partial charge in [-0.05, 0) is 51.7 Å². The Balaban J connectivity index is 1.42. The number of aliphatic hydroxyl groups is 1. The molecule has 3 aromatic rings. The Hall–Kier alpha value is -3.86. The van der Waals surface area contributed by atoms with E-state index in [0.29, 0.717) is 43.9 Å². The van der Waals surface area contributed by atoms with Crippen molar-refractivity contribution in [3.63, 3.8) is 0 Å². The lowest BCUT2D eigenvalue weighted by Crippen LogP contribution is -2.36. The first-order valence-electron chi connectivity index (χ1n) is 17.9. The number of Topliss-reactive ketones (excluding diaryl/α,β-unsaturated/α-hetero) is 1. The van der Waals surface area contributed by atoms with Gasteiger partial charge in [-0.25, -0.2) is 4.98 Å². The number of hydrogen-bond donors (Lipinski definition) is 2. The monoisotopic (exact) mass is 688 g/mol. The minimum absolute atomic E-state index is 0.0154. The summed E-state index contributed by atoms with van der Waals surface area (Å²) >= 11 is 0. The highest BCUT2D eigenvalue weighted by Gasteiger charge is 2.31. The molecule has 2 amide bonds. The van der Waals surface area contributed by atoms with Crippen LogP contribution in [0.2, 0.25) is 0 Å². The highest BCUT2D eigenvalue weighted by molar-refractivity contribution is 6.01. The van der Waals surface area contributed by atoms with Crippen molar-refractivity contribution in [2.75, 3.05) is 24.7 Å². The predicted octanol–water partition coefficient (Wildman–Crippen LogP) is 7.09. The second-order valence-corrected chi connectivity index (χ2v) is 14.9. The van der Waals surface area contributed by atoms with Crippen molar-refractivity contribution in [3.05, 3.63) is 60.4 Å². The van der Waals surface area contributed by atoms with Gasteiger partial charge in [-0.2, -0.15) is 0 Å². The molecule has 2 aromatic carbocycles. The molecule has 0 saturated carbocycles. The Bertz CT molecular complexity index is 1630. The summed E-state index contributed by atoms with van der Waals surface area (Å²) in [5.74, 6) is -0.169. The number of benzene rings is 2. The van der Waals surface area contributed by atoms with Crippen LogP contribution in [0.1, 0.15) is 99.3 Å². The summed E-state index contributed by atoms with van der Waals surface area (Å²) in [5.41, 5.74) is 3.72. The van der Waals surface area contributed by atoms with E-state index in [-0.39, 0.29) is 49.1 Å². The van der Waals surface area contributed by atoms with E-state index in [1.54, 1.807) is 15.8 Å². The minimum atomic E-state index is -0.944. The average molecular weight is 689 g/mol. The van der Waals surface area contributed by atoms with Crippen molar-refractivity contribution in [1.82, 2.24) is 14.9 Å². The minimum Gasteiger partial charge on any atom is -0.375 e. The second kappa shape index (κ2) is 16.9. The zero-order valence-electron chi connectivity index (χ0n) is 31.1. The van der Waals surface area contributed by atoms with Crippen LogP contribution in [-0.4, -0.2) is 63.7 Å². The molecular formula is C40H56N4O6. The van der Waals surface area contributed by atoms with Gasteiger partial charge in [0.1, 0.15) is 5.78 Å². The maximum atomic E-state index is 13.9. The van der Waals surface area contributed by atoms with Gasteiger partial charge in [0.15, 0.2) is 6.23 Å². The third-order valence-corrected chi connectivity index (χ3v) is 9.60. The van der Waals surface area contributed by atoms with E-state index in [1.807, 2.05) is 104 Å². The summed E-state index contributed by atoms with van der Waals surface area (Å²) < 4.78 is 13.7. The molecule has 10 heteroatoms. The van der Waals surface area contributed by atoms with Gasteiger partial charge in [-0.15, -0.1) is 0 Å². The third-order valence-electron chi connectivity index (χ3n) is 9.60. The largest absolute Gasteiger partial charge is 0.375 e. The van der Waals surface area contributed by atoms with E-state index in [0.717, 1.165) is 28.8 Å². The lowest BCUT2D eigenvalue weighted by atomic mass is 9.80. The number of carbonyl (C=O) groups excluding carboxylic acids is 3. The molecule has 2 unspecified atom stereocenters. The summed E-state index contributed by atoms with van der Waals surface area (Å²) in [7, 11) is 0. The van der Waals surface area contributed by atoms with Crippen molar-refractivity contribution in [1.29, 1.82) is 0 Å². The lowest BCUT2D eigenvalue weighted by molar-refractivity contribution is -0.132. The molecule has 0 saturated heterocycles. The molecule has 50 heavy (non-hydrogen) atoms. The number of carbonyl (C=O) groups is 3.